The SMILES string of the molecule is CC(=O)Nc1ccc2c(c1)OCc1cc(-c3ccncc3C#N)nn1C2. The van der Waals surface area contributed by atoms with E-state index in [-0.39, 0.29) is 5.91 Å². The van der Waals surface area contributed by atoms with E-state index in [1.807, 2.05) is 28.9 Å². The maximum absolute atomic E-state index is 11.2. The second-order valence-corrected chi connectivity index (χ2v) is 6.00. The van der Waals surface area contributed by atoms with Crippen LogP contribution in [0.1, 0.15) is 23.7 Å². The Morgan fingerprint density at radius 2 is 2.23 bits per heavy atom. The lowest BCUT2D eigenvalue weighted by Crippen LogP contribution is -2.06. The molecule has 1 amide bonds. The number of carbonyl (C=O) groups is 1. The molecule has 0 aliphatic carbocycles. The number of ether oxygens (including phenoxy) is 1. The summed E-state index contributed by atoms with van der Waals surface area (Å²) in [5.41, 5.74) is 4.56. The molecular formula is C19H15N5O2. The van der Waals surface area contributed by atoms with Crippen LogP contribution in [0.2, 0.25) is 0 Å². The molecule has 7 nitrogen and oxygen atoms in total. The molecule has 0 unspecified atom stereocenters. The summed E-state index contributed by atoms with van der Waals surface area (Å²) >= 11 is 0. The lowest BCUT2D eigenvalue weighted by atomic mass is 10.1. The van der Waals surface area contributed by atoms with Crippen molar-refractivity contribution in [3.05, 3.63) is 59.5 Å². The van der Waals surface area contributed by atoms with Crippen molar-refractivity contribution in [1.29, 1.82) is 5.26 Å². The molecule has 0 fully saturated rings. The second-order valence-electron chi connectivity index (χ2n) is 6.00. The average Bonchev–Trinajstić information content (AvgIpc) is 2.96. The number of nitriles is 1. The number of anilines is 1. The fourth-order valence-corrected chi connectivity index (χ4v) is 2.96. The van der Waals surface area contributed by atoms with Crippen LogP contribution >= 0.6 is 0 Å². The first-order valence-corrected chi connectivity index (χ1v) is 8.08. The Kier molecular flexibility index (Phi) is 3.86. The Balaban J connectivity index is 1.68. The summed E-state index contributed by atoms with van der Waals surface area (Å²) in [7, 11) is 0. The van der Waals surface area contributed by atoms with Crippen molar-refractivity contribution in [1.82, 2.24) is 14.8 Å². The molecule has 0 spiro atoms. The summed E-state index contributed by atoms with van der Waals surface area (Å²) in [6.45, 7) is 2.38. The number of benzene rings is 1. The molecule has 128 valence electrons. The molecule has 7 heteroatoms. The number of pyridine rings is 1. The highest BCUT2D eigenvalue weighted by molar-refractivity contribution is 5.88. The van der Waals surface area contributed by atoms with Gasteiger partial charge >= 0.3 is 0 Å². The Labute approximate surface area is 149 Å². The predicted molar refractivity (Wildman–Crippen MR) is 94.4 cm³/mol. The number of nitrogens with one attached hydrogen (secondary N) is 1. The van der Waals surface area contributed by atoms with Gasteiger partial charge in [-0.1, -0.05) is 6.07 Å². The Morgan fingerprint density at radius 1 is 1.35 bits per heavy atom. The van der Waals surface area contributed by atoms with Crippen molar-refractivity contribution in [3.63, 3.8) is 0 Å². The van der Waals surface area contributed by atoms with E-state index >= 15 is 0 Å². The van der Waals surface area contributed by atoms with Gasteiger partial charge < -0.3 is 10.1 Å². The zero-order chi connectivity index (χ0) is 18.1. The standard InChI is InChI=1S/C19H15N5O2/c1-12(25)22-15-3-2-13-10-24-16(11-26-19(13)6-15)7-18(23-24)17-4-5-21-9-14(17)8-20/h2-7,9H,10-11H2,1H3,(H,22,25). The molecule has 0 saturated heterocycles. The van der Waals surface area contributed by atoms with Gasteiger partial charge in [0.15, 0.2) is 0 Å². The maximum Gasteiger partial charge on any atom is 0.221 e. The highest BCUT2D eigenvalue weighted by Gasteiger charge is 2.18. The second kappa shape index (κ2) is 6.33. The quantitative estimate of drug-likeness (QED) is 0.771. The third kappa shape index (κ3) is 2.89. The molecule has 3 aromatic rings. The highest BCUT2D eigenvalue weighted by Crippen LogP contribution is 2.30. The van der Waals surface area contributed by atoms with Crippen molar-refractivity contribution < 1.29 is 9.53 Å². The van der Waals surface area contributed by atoms with E-state index in [0.717, 1.165) is 28.3 Å². The van der Waals surface area contributed by atoms with Crippen molar-refractivity contribution in [2.75, 3.05) is 5.32 Å². The molecule has 0 radical (unpaired) electrons. The number of hydrogen-bond acceptors (Lipinski definition) is 5. The van der Waals surface area contributed by atoms with Gasteiger partial charge in [0.1, 0.15) is 18.4 Å². The molecule has 2 aromatic heterocycles. The molecule has 1 aromatic carbocycles. The van der Waals surface area contributed by atoms with Crippen LogP contribution in [0.15, 0.2) is 42.7 Å². The summed E-state index contributed by atoms with van der Waals surface area (Å²) in [5.74, 6) is 0.603. The molecule has 1 aliphatic heterocycles. The van der Waals surface area contributed by atoms with Gasteiger partial charge in [-0.15, -0.1) is 0 Å². The zero-order valence-electron chi connectivity index (χ0n) is 14.1. The van der Waals surface area contributed by atoms with Gasteiger partial charge in [0.05, 0.1) is 23.5 Å². The molecule has 1 aliphatic rings. The van der Waals surface area contributed by atoms with Gasteiger partial charge in [-0.2, -0.15) is 10.4 Å². The van der Waals surface area contributed by atoms with Crippen molar-refractivity contribution in [2.24, 2.45) is 0 Å². The normalized spacial score (nSPS) is 12.2. The molecule has 3 heterocycles. The fourth-order valence-electron chi connectivity index (χ4n) is 2.96. The van der Waals surface area contributed by atoms with E-state index < -0.39 is 0 Å². The molecule has 0 atom stereocenters. The number of rotatable bonds is 2. The van der Waals surface area contributed by atoms with E-state index in [1.54, 1.807) is 12.3 Å². The smallest absolute Gasteiger partial charge is 0.221 e. The Bertz CT molecular complexity index is 1050. The van der Waals surface area contributed by atoms with Gasteiger partial charge in [-0.25, -0.2) is 0 Å². The van der Waals surface area contributed by atoms with Crippen LogP contribution < -0.4 is 10.1 Å². The predicted octanol–water partition coefficient (Wildman–Crippen LogP) is 2.72. The number of fused-ring (bicyclic) bond motifs is 2. The first-order chi connectivity index (χ1) is 12.6. The summed E-state index contributed by atoms with van der Waals surface area (Å²) in [4.78, 5) is 15.2. The molecule has 0 saturated carbocycles. The lowest BCUT2D eigenvalue weighted by Gasteiger charge is -2.09. The summed E-state index contributed by atoms with van der Waals surface area (Å²) in [6.07, 6.45) is 3.19. The van der Waals surface area contributed by atoms with Gasteiger partial charge in [0, 0.05) is 42.2 Å². The molecule has 4 rings (SSSR count). The van der Waals surface area contributed by atoms with E-state index in [2.05, 4.69) is 21.5 Å². The van der Waals surface area contributed by atoms with Crippen LogP contribution in [0.25, 0.3) is 11.3 Å². The minimum absolute atomic E-state index is 0.123. The van der Waals surface area contributed by atoms with Crippen molar-refractivity contribution in [3.8, 4) is 23.1 Å². The molecule has 0 bridgehead atoms. The minimum atomic E-state index is -0.123. The third-order valence-corrected chi connectivity index (χ3v) is 4.16. The number of hydrogen-bond donors (Lipinski definition) is 1. The van der Waals surface area contributed by atoms with Crippen LogP contribution in [0.3, 0.4) is 0 Å². The topological polar surface area (TPSA) is 92.8 Å². The van der Waals surface area contributed by atoms with Gasteiger partial charge in [0.25, 0.3) is 0 Å². The van der Waals surface area contributed by atoms with Crippen LogP contribution in [0.5, 0.6) is 5.75 Å². The van der Waals surface area contributed by atoms with Crippen molar-refractivity contribution >= 4 is 11.6 Å². The Morgan fingerprint density at radius 3 is 3.04 bits per heavy atom. The van der Waals surface area contributed by atoms with E-state index in [9.17, 15) is 10.1 Å². The number of carbonyl (C=O) groups excluding carboxylic acids is 1. The van der Waals surface area contributed by atoms with Crippen LogP contribution in [0.4, 0.5) is 5.69 Å². The van der Waals surface area contributed by atoms with Gasteiger partial charge in [-0.3, -0.25) is 14.5 Å². The third-order valence-electron chi connectivity index (χ3n) is 4.16. The summed E-state index contributed by atoms with van der Waals surface area (Å²) in [6, 6.07) is 11.4. The van der Waals surface area contributed by atoms with Gasteiger partial charge in [-0.05, 0) is 18.2 Å². The number of nitrogens with zero attached hydrogens (tertiary/aromatic N) is 4. The van der Waals surface area contributed by atoms with E-state index in [1.165, 1.54) is 13.1 Å². The highest BCUT2D eigenvalue weighted by atomic mass is 16.5. The monoisotopic (exact) mass is 345 g/mol. The largest absolute Gasteiger partial charge is 0.487 e. The number of aromatic nitrogens is 3. The maximum atomic E-state index is 11.2. The molecule has 26 heavy (non-hydrogen) atoms. The molecular weight excluding hydrogens is 330 g/mol. The van der Waals surface area contributed by atoms with Gasteiger partial charge in [0.2, 0.25) is 5.91 Å². The van der Waals surface area contributed by atoms with Crippen LogP contribution in [-0.4, -0.2) is 20.7 Å². The summed E-state index contributed by atoms with van der Waals surface area (Å²) in [5, 5.41) is 16.7. The van der Waals surface area contributed by atoms with Crippen LogP contribution in [0, 0.1) is 11.3 Å². The lowest BCUT2D eigenvalue weighted by molar-refractivity contribution is -0.114. The average molecular weight is 345 g/mol. The minimum Gasteiger partial charge on any atom is -0.487 e. The zero-order valence-corrected chi connectivity index (χ0v) is 14.1. The fraction of sp³-hybridized carbons (Fsp3) is 0.158. The first kappa shape index (κ1) is 15.8. The Hall–Kier alpha value is -3.66. The molecule has 1 N–H and O–H groups in total. The van der Waals surface area contributed by atoms with Crippen molar-refractivity contribution in [2.45, 2.75) is 20.1 Å². The first-order valence-electron chi connectivity index (χ1n) is 8.08. The summed E-state index contributed by atoms with van der Waals surface area (Å²) < 4.78 is 7.79. The number of amides is 1. The van der Waals surface area contributed by atoms with E-state index in [4.69, 9.17) is 4.74 Å². The van der Waals surface area contributed by atoms with Crippen LogP contribution in [-0.2, 0) is 17.9 Å². The van der Waals surface area contributed by atoms with E-state index in [0.29, 0.717) is 24.4 Å².